The van der Waals surface area contributed by atoms with E-state index in [-0.39, 0.29) is 57.5 Å². The molecule has 254 valence electrons. The van der Waals surface area contributed by atoms with Crippen LogP contribution in [0.3, 0.4) is 0 Å². The highest BCUT2D eigenvalue weighted by atomic mass is 16.6. The maximum Gasteiger partial charge on any atom is 0.317 e. The molecule has 0 N–H and O–H groups in total. The first kappa shape index (κ1) is 33.6. The number of esters is 3. The van der Waals surface area contributed by atoms with Crippen LogP contribution in [-0.2, 0) is 28.6 Å². The summed E-state index contributed by atoms with van der Waals surface area (Å²) >= 11 is 0. The molecule has 6 aliphatic rings. The minimum absolute atomic E-state index is 0.0589. The zero-order valence-corrected chi connectivity index (χ0v) is 29.8. The maximum absolute atomic E-state index is 12.5. The molecule has 46 heavy (non-hydrogen) atoms. The molecule has 5 unspecified atom stereocenters. The summed E-state index contributed by atoms with van der Waals surface area (Å²) in [7, 11) is 0. The number of hydrogen-bond donors (Lipinski definition) is 0. The standard InChI is InChI=1S/C40H58O6/c1-10-25(3)45-32-15-16-37(7)30(36(32,5)6)14-17-39(9)31(37)12-11-29-34-28(24(2)21-27-22-33(42)46-35(27)43)13-18-40(34,23-44-26(4)41)20-19-38(29,39)8/h27,29-32,34H,1,11-23H2,2-9H3/b28-24+/t27?,29?,30?,31?,32-,34?,37-,38+,39+,40+/m0/s1. The summed E-state index contributed by atoms with van der Waals surface area (Å²) in [5.74, 6) is 1.51. The summed E-state index contributed by atoms with van der Waals surface area (Å²) in [6.07, 6.45) is 12.3. The van der Waals surface area contributed by atoms with Crippen molar-refractivity contribution in [1.82, 2.24) is 0 Å². The van der Waals surface area contributed by atoms with Crippen molar-refractivity contribution < 1.29 is 28.6 Å². The molecule has 6 rings (SSSR count). The zero-order chi connectivity index (χ0) is 33.4. The van der Waals surface area contributed by atoms with Gasteiger partial charge in [-0.2, -0.15) is 0 Å². The summed E-state index contributed by atoms with van der Waals surface area (Å²) < 4.78 is 17.3. The van der Waals surface area contributed by atoms with E-state index in [9.17, 15) is 14.4 Å². The first-order valence-corrected chi connectivity index (χ1v) is 18.1. The summed E-state index contributed by atoms with van der Waals surface area (Å²) in [6.45, 7) is 22.8. The highest BCUT2D eigenvalue weighted by Gasteiger charge is 2.70. The largest absolute Gasteiger partial charge is 0.486 e. The Morgan fingerprint density at radius 1 is 0.913 bits per heavy atom. The molecule has 0 spiro atoms. The quantitative estimate of drug-likeness (QED) is 0.0955. The van der Waals surface area contributed by atoms with Gasteiger partial charge in [0, 0.05) is 24.7 Å². The molecule has 5 saturated carbocycles. The van der Waals surface area contributed by atoms with Crippen LogP contribution in [0, 0.1) is 56.7 Å². The van der Waals surface area contributed by atoms with Crippen LogP contribution in [0.5, 0.6) is 0 Å². The predicted octanol–water partition coefficient (Wildman–Crippen LogP) is 8.89. The van der Waals surface area contributed by atoms with Gasteiger partial charge in [-0.3, -0.25) is 14.4 Å². The molecule has 0 bridgehead atoms. The monoisotopic (exact) mass is 634 g/mol. The SMILES string of the molecule is C=C=C(C)O[C@H]1CC[C@@]2(C)C(CC[C@]3(C)C2CCC2C4/C(=C(\C)CC5CC(=O)OC5=O)CC[C@]4(COC(C)=O)CC[C@]23C)C1(C)C. The second-order valence-electron chi connectivity index (χ2n) is 17.7. The third-order valence-electron chi connectivity index (χ3n) is 15.5. The van der Waals surface area contributed by atoms with Crippen LogP contribution >= 0.6 is 0 Å². The van der Waals surface area contributed by atoms with Gasteiger partial charge in [-0.05, 0) is 117 Å². The maximum atomic E-state index is 12.5. The summed E-state index contributed by atoms with van der Waals surface area (Å²) in [6, 6.07) is 0. The molecule has 0 radical (unpaired) electrons. The van der Waals surface area contributed by atoms with Gasteiger partial charge < -0.3 is 14.2 Å². The summed E-state index contributed by atoms with van der Waals surface area (Å²) in [5, 5.41) is 0. The minimum Gasteiger partial charge on any atom is -0.486 e. The van der Waals surface area contributed by atoms with Crippen molar-refractivity contribution in [2.24, 2.45) is 56.7 Å². The first-order chi connectivity index (χ1) is 21.5. The van der Waals surface area contributed by atoms with E-state index in [2.05, 4.69) is 53.9 Å². The van der Waals surface area contributed by atoms with Crippen LogP contribution in [0.1, 0.15) is 132 Å². The molecule has 0 aromatic rings. The second-order valence-corrected chi connectivity index (χ2v) is 17.7. The molecule has 0 amide bonds. The Kier molecular flexibility index (Phi) is 8.31. The number of cyclic esters (lactones) is 2. The van der Waals surface area contributed by atoms with Gasteiger partial charge in [0.25, 0.3) is 0 Å². The molecule has 1 heterocycles. The predicted molar refractivity (Wildman–Crippen MR) is 177 cm³/mol. The van der Waals surface area contributed by atoms with Gasteiger partial charge in [-0.15, -0.1) is 0 Å². The molecule has 10 atom stereocenters. The van der Waals surface area contributed by atoms with E-state index >= 15 is 0 Å². The Morgan fingerprint density at radius 3 is 2.30 bits per heavy atom. The molecule has 1 aliphatic heterocycles. The number of rotatable bonds is 6. The van der Waals surface area contributed by atoms with Crippen molar-refractivity contribution >= 4 is 17.9 Å². The molecule has 0 aromatic heterocycles. The lowest BCUT2D eigenvalue weighted by Crippen LogP contribution is -2.66. The molecule has 6 nitrogen and oxygen atoms in total. The first-order valence-electron chi connectivity index (χ1n) is 18.1. The topological polar surface area (TPSA) is 78.9 Å². The molecule has 6 heteroatoms. The van der Waals surface area contributed by atoms with Crippen molar-refractivity contribution in [1.29, 1.82) is 0 Å². The molecule has 6 fully saturated rings. The van der Waals surface area contributed by atoms with Crippen LogP contribution in [0.15, 0.2) is 29.2 Å². The average Bonchev–Trinajstić information content (AvgIpc) is 3.52. The molecular formula is C40H58O6. The highest BCUT2D eigenvalue weighted by Crippen LogP contribution is 2.77. The molecular weight excluding hydrogens is 576 g/mol. The van der Waals surface area contributed by atoms with Gasteiger partial charge in [-0.25, -0.2) is 0 Å². The van der Waals surface area contributed by atoms with E-state index in [0.29, 0.717) is 36.7 Å². The molecule has 1 saturated heterocycles. The Balaban J connectivity index is 1.35. The minimum atomic E-state index is -0.403. The Bertz CT molecular complexity index is 1380. The highest BCUT2D eigenvalue weighted by molar-refractivity contribution is 5.94. The summed E-state index contributed by atoms with van der Waals surface area (Å²) in [5.41, 5.74) is 6.32. The Hall–Kier alpha value is -2.33. The van der Waals surface area contributed by atoms with Crippen molar-refractivity contribution in [3.05, 3.63) is 29.2 Å². The number of allylic oxidation sites excluding steroid dienone is 3. The van der Waals surface area contributed by atoms with Crippen LogP contribution in [0.4, 0.5) is 0 Å². The average molecular weight is 635 g/mol. The van der Waals surface area contributed by atoms with Crippen molar-refractivity contribution in [2.45, 2.75) is 139 Å². The van der Waals surface area contributed by atoms with E-state index < -0.39 is 5.97 Å². The lowest BCUT2D eigenvalue weighted by Gasteiger charge is -2.72. The lowest BCUT2D eigenvalue weighted by molar-refractivity contribution is -0.246. The van der Waals surface area contributed by atoms with Gasteiger partial charge in [0.1, 0.15) is 11.9 Å². The van der Waals surface area contributed by atoms with E-state index in [4.69, 9.17) is 14.2 Å². The van der Waals surface area contributed by atoms with Gasteiger partial charge in [0.05, 0.1) is 18.9 Å². The fourth-order valence-corrected chi connectivity index (χ4v) is 13.1. The van der Waals surface area contributed by atoms with E-state index in [0.717, 1.165) is 37.9 Å². The molecule has 0 aromatic carbocycles. The van der Waals surface area contributed by atoms with Crippen molar-refractivity contribution in [2.75, 3.05) is 6.61 Å². The number of ether oxygens (including phenoxy) is 3. The zero-order valence-electron chi connectivity index (χ0n) is 29.8. The van der Waals surface area contributed by atoms with Gasteiger partial charge >= 0.3 is 17.9 Å². The lowest BCUT2D eigenvalue weighted by atomic mass is 9.32. The van der Waals surface area contributed by atoms with Crippen LogP contribution in [0.25, 0.3) is 0 Å². The second kappa shape index (κ2) is 11.4. The number of carbonyl (C=O) groups is 3. The van der Waals surface area contributed by atoms with Crippen molar-refractivity contribution in [3.8, 4) is 0 Å². The molecule has 5 aliphatic carbocycles. The van der Waals surface area contributed by atoms with Crippen LogP contribution in [-0.4, -0.2) is 30.6 Å². The third-order valence-corrected chi connectivity index (χ3v) is 15.5. The normalized spacial score (nSPS) is 45.3. The van der Waals surface area contributed by atoms with E-state index in [1.807, 2.05) is 6.92 Å². The van der Waals surface area contributed by atoms with Gasteiger partial charge in [0.2, 0.25) is 0 Å². The van der Waals surface area contributed by atoms with Crippen LogP contribution in [0.2, 0.25) is 0 Å². The number of hydrogen-bond acceptors (Lipinski definition) is 6. The fourth-order valence-electron chi connectivity index (χ4n) is 13.1. The smallest absolute Gasteiger partial charge is 0.317 e. The van der Waals surface area contributed by atoms with E-state index in [1.165, 1.54) is 50.2 Å². The van der Waals surface area contributed by atoms with E-state index in [1.54, 1.807) is 0 Å². The van der Waals surface area contributed by atoms with Crippen molar-refractivity contribution in [3.63, 3.8) is 0 Å². The Morgan fingerprint density at radius 2 is 1.65 bits per heavy atom. The Labute approximate surface area is 277 Å². The third kappa shape index (κ3) is 4.89. The van der Waals surface area contributed by atoms with Gasteiger partial charge in [-0.1, -0.05) is 58.1 Å². The number of carbonyl (C=O) groups excluding carboxylic acids is 3. The van der Waals surface area contributed by atoms with Gasteiger partial charge in [0.15, 0.2) is 0 Å². The number of fused-ring (bicyclic) bond motifs is 7. The summed E-state index contributed by atoms with van der Waals surface area (Å²) in [4.78, 5) is 36.6. The van der Waals surface area contributed by atoms with Crippen LogP contribution < -0.4 is 0 Å². The fraction of sp³-hybridized carbons (Fsp3) is 0.800.